The summed E-state index contributed by atoms with van der Waals surface area (Å²) in [6.07, 6.45) is 4.36. The van der Waals surface area contributed by atoms with Crippen LogP contribution in [0.4, 0.5) is 0 Å². The Kier molecular flexibility index (Phi) is 8.06. The van der Waals surface area contributed by atoms with Crippen LogP contribution in [0.5, 0.6) is 0 Å². The molecule has 310 valence electrons. The largest absolute Gasteiger partial charge is 0.359 e. The smallest absolute Gasteiger partial charge is 0.118 e. The highest BCUT2D eigenvalue weighted by atomic mass is 15.4. The molecule has 13 rings (SSSR count). The maximum Gasteiger partial charge on any atom is 0.118 e. The average molecular weight is 834 g/mol. The van der Waals surface area contributed by atoms with E-state index in [1.807, 2.05) is 6.20 Å². The molecule has 0 saturated heterocycles. The van der Waals surface area contributed by atoms with Crippen molar-refractivity contribution in [3.05, 3.63) is 291 Å². The third-order valence-electron chi connectivity index (χ3n) is 15.3. The molecule has 0 radical (unpaired) electrons. The molecule has 9 aromatic rings. The van der Waals surface area contributed by atoms with Gasteiger partial charge in [0.1, 0.15) is 5.54 Å². The van der Waals surface area contributed by atoms with Gasteiger partial charge in [-0.2, -0.15) is 0 Å². The number of hydrogen-bond donors (Lipinski definition) is 0. The fourth-order valence-electron chi connectivity index (χ4n) is 12.6. The van der Waals surface area contributed by atoms with Crippen molar-refractivity contribution in [1.29, 1.82) is 0 Å². The Hall–Kier alpha value is -7.75. The van der Waals surface area contributed by atoms with E-state index in [1.165, 1.54) is 100 Å². The number of benzene rings is 8. The van der Waals surface area contributed by atoms with E-state index in [-0.39, 0.29) is 0 Å². The summed E-state index contributed by atoms with van der Waals surface area (Å²) in [5, 5.41) is 0. The van der Waals surface area contributed by atoms with Gasteiger partial charge in [0, 0.05) is 25.1 Å². The van der Waals surface area contributed by atoms with Crippen molar-refractivity contribution in [2.75, 3.05) is 13.7 Å². The Labute approximate surface area is 381 Å². The molecule has 0 unspecified atom stereocenters. The minimum Gasteiger partial charge on any atom is -0.359 e. The van der Waals surface area contributed by atoms with E-state index in [9.17, 15) is 0 Å². The predicted molar refractivity (Wildman–Crippen MR) is 264 cm³/mol. The second-order valence-corrected chi connectivity index (χ2v) is 18.4. The standard InChI is InChI=1S/C62H47N3/c1-41-34-35-63-59(36-41)61(55-30-12-6-24-49(55)50-25-7-13-31-56(50)61)45-20-16-18-43(37-45)60(53-28-10-4-22-47(53)48-23-5-11-29-54(48)60)44-19-17-21-46(38-44)62(65-39-42(2)64(3)40-65)57-32-14-8-26-51(57)52-27-9-15-33-58(52)62/h4-39H,40H2,1-3H3. The second-order valence-electron chi connectivity index (χ2n) is 18.4. The van der Waals surface area contributed by atoms with Crippen LogP contribution < -0.4 is 0 Å². The van der Waals surface area contributed by atoms with Gasteiger partial charge in [-0.15, -0.1) is 0 Å². The summed E-state index contributed by atoms with van der Waals surface area (Å²) in [6, 6.07) is 78.0. The van der Waals surface area contributed by atoms with E-state index < -0.39 is 16.4 Å². The van der Waals surface area contributed by atoms with Gasteiger partial charge in [-0.05, 0) is 121 Å². The first-order valence-electron chi connectivity index (χ1n) is 22.9. The van der Waals surface area contributed by atoms with Crippen LogP contribution in [0.3, 0.4) is 0 Å². The second kappa shape index (κ2) is 13.9. The van der Waals surface area contributed by atoms with Gasteiger partial charge in [-0.1, -0.05) is 194 Å². The molecular weight excluding hydrogens is 787 g/mol. The zero-order chi connectivity index (χ0) is 43.5. The fraction of sp³-hybridized carbons (Fsp3) is 0.113. The molecule has 1 aromatic heterocycles. The Morgan fingerprint density at radius 2 is 0.785 bits per heavy atom. The van der Waals surface area contributed by atoms with E-state index >= 15 is 0 Å². The molecule has 0 N–H and O–H groups in total. The Balaban J connectivity index is 1.13. The quantitative estimate of drug-likeness (QED) is 0.166. The number of aromatic nitrogens is 1. The SMILES string of the molecule is CC1=CN(C2(c3cccc(C4(c5cccc(C6(c7cc(C)ccn7)c7ccccc7-c7ccccc76)c5)c5ccccc5-c5ccccc54)c3)c3ccccc3-c3ccccc32)CN1C. The van der Waals surface area contributed by atoms with E-state index in [2.05, 4.69) is 243 Å². The molecule has 4 aliphatic rings. The van der Waals surface area contributed by atoms with Gasteiger partial charge in [0.15, 0.2) is 0 Å². The fourth-order valence-corrected chi connectivity index (χ4v) is 12.6. The lowest BCUT2D eigenvalue weighted by molar-refractivity contribution is 0.195. The molecule has 8 aromatic carbocycles. The maximum atomic E-state index is 5.28. The molecule has 0 fully saturated rings. The van der Waals surface area contributed by atoms with Crippen LogP contribution in [0.2, 0.25) is 0 Å². The normalized spacial score (nSPS) is 16.3. The molecule has 3 nitrogen and oxygen atoms in total. The monoisotopic (exact) mass is 833 g/mol. The van der Waals surface area contributed by atoms with E-state index in [4.69, 9.17) is 4.98 Å². The third-order valence-corrected chi connectivity index (χ3v) is 15.3. The van der Waals surface area contributed by atoms with Crippen molar-refractivity contribution < 1.29 is 0 Å². The van der Waals surface area contributed by atoms with Crippen LogP contribution >= 0.6 is 0 Å². The highest BCUT2D eigenvalue weighted by Crippen LogP contribution is 2.61. The number of fused-ring (bicyclic) bond motifs is 9. The number of aryl methyl sites for hydroxylation is 1. The first-order valence-corrected chi connectivity index (χ1v) is 22.9. The molecule has 3 heteroatoms. The van der Waals surface area contributed by atoms with Gasteiger partial charge in [0.25, 0.3) is 0 Å². The first-order chi connectivity index (χ1) is 32.0. The summed E-state index contributed by atoms with van der Waals surface area (Å²) < 4.78 is 0. The zero-order valence-corrected chi connectivity index (χ0v) is 36.8. The van der Waals surface area contributed by atoms with Crippen molar-refractivity contribution in [3.8, 4) is 33.4 Å². The summed E-state index contributed by atoms with van der Waals surface area (Å²) in [5.74, 6) is 0. The van der Waals surface area contributed by atoms with Crippen LogP contribution in [0.15, 0.2) is 224 Å². The minimum atomic E-state index is -0.662. The molecule has 0 saturated carbocycles. The molecule has 65 heavy (non-hydrogen) atoms. The topological polar surface area (TPSA) is 19.4 Å². The summed E-state index contributed by atoms with van der Waals surface area (Å²) in [4.78, 5) is 10.2. The van der Waals surface area contributed by atoms with Crippen LogP contribution in [-0.2, 0) is 16.4 Å². The lowest BCUT2D eigenvalue weighted by Crippen LogP contribution is -2.45. The number of pyridine rings is 1. The first kappa shape index (κ1) is 37.8. The number of allylic oxidation sites excluding steroid dienone is 1. The summed E-state index contributed by atoms with van der Waals surface area (Å²) in [7, 11) is 2.21. The maximum absolute atomic E-state index is 5.28. The third kappa shape index (κ3) is 4.88. The molecule has 0 spiro atoms. The highest BCUT2D eigenvalue weighted by molar-refractivity contribution is 5.89. The van der Waals surface area contributed by atoms with Crippen molar-refractivity contribution in [2.45, 2.75) is 30.2 Å². The lowest BCUT2D eigenvalue weighted by atomic mass is 9.64. The minimum absolute atomic E-state index is 0.575. The van der Waals surface area contributed by atoms with Crippen molar-refractivity contribution >= 4 is 0 Å². The van der Waals surface area contributed by atoms with Crippen LogP contribution in [0.25, 0.3) is 33.4 Å². The van der Waals surface area contributed by atoms with Gasteiger partial charge >= 0.3 is 0 Å². The lowest BCUT2D eigenvalue weighted by Gasteiger charge is -2.43. The summed E-state index contributed by atoms with van der Waals surface area (Å²) >= 11 is 0. The van der Waals surface area contributed by atoms with Gasteiger partial charge in [-0.25, -0.2) is 0 Å². The summed E-state index contributed by atoms with van der Waals surface area (Å²) in [5.41, 5.74) is 21.9. The number of rotatable bonds is 6. The Bertz CT molecular complexity index is 3310. The van der Waals surface area contributed by atoms with Gasteiger partial charge in [-0.3, -0.25) is 4.98 Å². The Morgan fingerprint density at radius 3 is 1.23 bits per heavy atom. The van der Waals surface area contributed by atoms with E-state index in [0.717, 1.165) is 12.4 Å². The van der Waals surface area contributed by atoms with Gasteiger partial charge in [0.05, 0.1) is 23.2 Å². The van der Waals surface area contributed by atoms with E-state index in [0.29, 0.717) is 0 Å². The van der Waals surface area contributed by atoms with E-state index in [1.54, 1.807) is 0 Å². The highest BCUT2D eigenvalue weighted by Gasteiger charge is 2.53. The molecule has 0 atom stereocenters. The van der Waals surface area contributed by atoms with Crippen LogP contribution in [0.1, 0.15) is 73.8 Å². The zero-order valence-electron chi connectivity index (χ0n) is 36.8. The summed E-state index contributed by atoms with van der Waals surface area (Å²) in [6.45, 7) is 5.18. The van der Waals surface area contributed by atoms with Gasteiger partial charge in [0.2, 0.25) is 0 Å². The molecule has 0 bridgehead atoms. The van der Waals surface area contributed by atoms with Crippen LogP contribution in [0, 0.1) is 6.92 Å². The predicted octanol–water partition coefficient (Wildman–Crippen LogP) is 13.5. The molecule has 2 heterocycles. The van der Waals surface area contributed by atoms with Gasteiger partial charge < -0.3 is 9.80 Å². The molecule has 3 aliphatic carbocycles. The number of nitrogens with zero attached hydrogens (tertiary/aromatic N) is 3. The molecule has 1 aliphatic heterocycles. The van der Waals surface area contributed by atoms with Crippen molar-refractivity contribution in [2.24, 2.45) is 0 Å². The molecule has 0 amide bonds. The number of hydrogen-bond acceptors (Lipinski definition) is 3. The Morgan fingerprint density at radius 1 is 0.400 bits per heavy atom. The van der Waals surface area contributed by atoms with Crippen molar-refractivity contribution in [3.63, 3.8) is 0 Å². The van der Waals surface area contributed by atoms with Crippen molar-refractivity contribution in [1.82, 2.24) is 14.8 Å². The van der Waals surface area contributed by atoms with Crippen LogP contribution in [-0.4, -0.2) is 28.5 Å². The molecular formula is C62H47N3. The average Bonchev–Trinajstić information content (AvgIpc) is 4.06.